The van der Waals surface area contributed by atoms with Crippen LogP contribution in [0.3, 0.4) is 0 Å². The predicted molar refractivity (Wildman–Crippen MR) is 421 cm³/mol. The molecule has 0 saturated heterocycles. The highest BCUT2D eigenvalue weighted by Crippen LogP contribution is 2.53. The molecule has 12 aromatic rings. The Balaban J connectivity index is 0.985. The number of aromatic hydroxyl groups is 2. The van der Waals surface area contributed by atoms with Crippen molar-refractivity contribution in [1.82, 2.24) is 9.13 Å². The number of aryl methyl sites for hydroxylation is 2. The van der Waals surface area contributed by atoms with Crippen LogP contribution in [-0.4, -0.2) is 32.6 Å². The molecule has 8 aromatic carbocycles. The molecule has 0 spiro atoms. The second kappa shape index (κ2) is 24.1. The standard InChI is InChI=1S/C89H106N2O4S2/c1-52-40-68(66-42-58(88(21,22)50-82(3,4)5)48-74(76(66)92)90-70-44-54(84(9,10)11)26-30-62(70)63-31-27-55(45-71(63)90)85(12,13)14)78(80-60(52)34-38-96-80)94-36-25-37-95-79-69(41-53(2)61-35-39-97-81(61)79)67-43-59(89(23,24)51-83(6,7)8)49-75(77(67)93)91-72-46-56(86(15,16)17)28-32-64(72)65-33-29-57(47-73(65)91)87(18,19)20/h26-35,38-49,92-93H,25,36-37,50-51H2,1-24H3. The Bertz CT molecular complexity index is 4610. The fourth-order valence-corrected chi connectivity index (χ4v) is 17.6. The Labute approximate surface area is 586 Å². The van der Waals surface area contributed by atoms with E-state index in [-0.39, 0.29) is 54.8 Å². The minimum atomic E-state index is -0.287. The fourth-order valence-electron chi connectivity index (χ4n) is 15.7. The first-order valence-electron chi connectivity index (χ1n) is 35.2. The van der Waals surface area contributed by atoms with Gasteiger partial charge in [0.2, 0.25) is 0 Å². The van der Waals surface area contributed by atoms with Crippen LogP contribution in [0.15, 0.2) is 132 Å². The van der Waals surface area contributed by atoms with Crippen molar-refractivity contribution < 1.29 is 19.7 Å². The van der Waals surface area contributed by atoms with Gasteiger partial charge in [-0.3, -0.25) is 0 Å². The van der Waals surface area contributed by atoms with Crippen LogP contribution in [0.25, 0.3) is 97.4 Å². The van der Waals surface area contributed by atoms with Crippen LogP contribution in [0.1, 0.15) is 216 Å². The summed E-state index contributed by atoms with van der Waals surface area (Å²) in [6, 6.07) is 45.6. The molecule has 0 atom stereocenters. The monoisotopic (exact) mass is 1330 g/mol. The molecule has 0 radical (unpaired) electrons. The summed E-state index contributed by atoms with van der Waals surface area (Å²) < 4.78 is 21.3. The van der Waals surface area contributed by atoms with E-state index in [0.717, 1.165) is 144 Å². The van der Waals surface area contributed by atoms with Gasteiger partial charge < -0.3 is 28.8 Å². The van der Waals surface area contributed by atoms with Gasteiger partial charge in [-0.05, 0) is 209 Å². The normalized spacial score (nSPS) is 13.4. The van der Waals surface area contributed by atoms with Crippen molar-refractivity contribution in [2.24, 2.45) is 10.8 Å². The molecule has 12 rings (SSSR count). The van der Waals surface area contributed by atoms with Gasteiger partial charge >= 0.3 is 0 Å². The van der Waals surface area contributed by atoms with Crippen molar-refractivity contribution in [1.29, 1.82) is 0 Å². The van der Waals surface area contributed by atoms with Crippen LogP contribution < -0.4 is 9.47 Å². The molecule has 4 heterocycles. The van der Waals surface area contributed by atoms with Crippen molar-refractivity contribution in [2.45, 2.75) is 218 Å². The number of thiophene rings is 2. The highest BCUT2D eigenvalue weighted by Gasteiger charge is 2.35. The summed E-state index contributed by atoms with van der Waals surface area (Å²) >= 11 is 3.36. The van der Waals surface area contributed by atoms with Gasteiger partial charge in [0, 0.05) is 50.2 Å². The number of fused-ring (bicyclic) bond motifs is 8. The molecule has 6 nitrogen and oxygen atoms in total. The summed E-state index contributed by atoms with van der Waals surface area (Å²) in [6.45, 7) is 55.7. The summed E-state index contributed by atoms with van der Waals surface area (Å²) in [5, 5.41) is 38.3. The van der Waals surface area contributed by atoms with Crippen LogP contribution in [0, 0.1) is 24.7 Å². The van der Waals surface area contributed by atoms with E-state index in [0.29, 0.717) is 19.6 Å². The third-order valence-corrected chi connectivity index (χ3v) is 22.2. The van der Waals surface area contributed by atoms with E-state index in [1.807, 2.05) is 0 Å². The Morgan fingerprint density at radius 3 is 0.918 bits per heavy atom. The average molecular weight is 1330 g/mol. The van der Waals surface area contributed by atoms with Gasteiger partial charge in [-0.15, -0.1) is 22.7 Å². The largest absolute Gasteiger partial charge is 0.505 e. The number of phenols is 2. The lowest BCUT2D eigenvalue weighted by Crippen LogP contribution is -2.25. The third-order valence-electron chi connectivity index (χ3n) is 20.3. The maximum atomic E-state index is 13.6. The van der Waals surface area contributed by atoms with Crippen molar-refractivity contribution in [3.05, 3.63) is 177 Å². The Morgan fingerprint density at radius 1 is 0.340 bits per heavy atom. The maximum absolute atomic E-state index is 13.6. The first-order chi connectivity index (χ1) is 45.0. The van der Waals surface area contributed by atoms with Crippen molar-refractivity contribution in [3.63, 3.8) is 0 Å². The SMILES string of the molecule is Cc1cc(-c2cc(C(C)(C)CC(C)(C)C)cc(-n3c4cc(C(C)(C)C)ccc4c4ccc(C(C)(C)C)cc43)c2O)c(OCCCOc2c(-c3cc(C(C)(C)CC(C)(C)C)cc(-n4c5cc(C(C)(C)C)ccc5c5ccc(C(C)(C)C)cc54)c3O)cc(C)c3ccsc23)c2sccc12. The molecule has 508 valence electrons. The van der Waals surface area contributed by atoms with E-state index in [2.05, 4.69) is 307 Å². The molecule has 0 saturated carbocycles. The highest BCUT2D eigenvalue weighted by atomic mass is 32.1. The first-order valence-corrected chi connectivity index (χ1v) is 37.0. The van der Waals surface area contributed by atoms with Gasteiger partial charge in [-0.25, -0.2) is 0 Å². The smallest absolute Gasteiger partial charge is 0.147 e. The molecule has 0 aliphatic rings. The van der Waals surface area contributed by atoms with Crippen LogP contribution in [0.4, 0.5) is 0 Å². The number of rotatable bonds is 14. The maximum Gasteiger partial charge on any atom is 0.147 e. The van der Waals surface area contributed by atoms with Gasteiger partial charge in [-0.2, -0.15) is 0 Å². The topological polar surface area (TPSA) is 68.8 Å². The number of aromatic nitrogens is 2. The molecule has 4 aromatic heterocycles. The summed E-state index contributed by atoms with van der Waals surface area (Å²) in [7, 11) is 0. The average Bonchev–Trinajstić information content (AvgIpc) is 1.61. The molecule has 0 bridgehead atoms. The van der Waals surface area contributed by atoms with E-state index < -0.39 is 0 Å². The van der Waals surface area contributed by atoms with E-state index in [9.17, 15) is 10.2 Å². The Morgan fingerprint density at radius 2 is 0.639 bits per heavy atom. The molecule has 97 heavy (non-hydrogen) atoms. The molecule has 0 unspecified atom stereocenters. The lowest BCUT2D eigenvalue weighted by atomic mass is 9.71. The number of phenolic OH excluding ortho intramolecular Hbond substituents is 2. The number of hydrogen-bond donors (Lipinski definition) is 2. The van der Waals surface area contributed by atoms with E-state index in [4.69, 9.17) is 9.47 Å². The van der Waals surface area contributed by atoms with E-state index in [1.165, 1.54) is 22.3 Å². The first kappa shape index (κ1) is 69.4. The van der Waals surface area contributed by atoms with Crippen LogP contribution in [0.5, 0.6) is 23.0 Å². The number of hydrogen-bond acceptors (Lipinski definition) is 6. The van der Waals surface area contributed by atoms with E-state index >= 15 is 0 Å². The summed E-state index contributed by atoms with van der Waals surface area (Å²) in [6.07, 6.45) is 2.41. The molecular formula is C89H106N2O4S2. The molecule has 0 aliphatic heterocycles. The molecule has 2 N–H and O–H groups in total. The van der Waals surface area contributed by atoms with E-state index in [1.54, 1.807) is 22.7 Å². The van der Waals surface area contributed by atoms with Crippen LogP contribution in [0.2, 0.25) is 0 Å². The predicted octanol–water partition coefficient (Wildman–Crippen LogP) is 26.1. The van der Waals surface area contributed by atoms with Crippen molar-refractivity contribution in [2.75, 3.05) is 13.2 Å². The third kappa shape index (κ3) is 13.1. The summed E-state index contributed by atoms with van der Waals surface area (Å²) in [5.74, 6) is 1.94. The molecular weight excluding hydrogens is 1230 g/mol. The van der Waals surface area contributed by atoms with Crippen molar-refractivity contribution in [3.8, 4) is 56.6 Å². The Kier molecular flexibility index (Phi) is 17.3. The lowest BCUT2D eigenvalue weighted by molar-refractivity contribution is 0.252. The van der Waals surface area contributed by atoms with Gasteiger partial charge in [0.25, 0.3) is 0 Å². The molecule has 8 heteroatoms. The molecule has 0 aliphatic carbocycles. The second-order valence-corrected chi connectivity index (χ2v) is 38.0. The summed E-state index contributed by atoms with van der Waals surface area (Å²) in [5.41, 5.74) is 17.5. The lowest BCUT2D eigenvalue weighted by Gasteiger charge is -2.34. The Hall–Kier alpha value is -7.52. The molecule has 0 amide bonds. The van der Waals surface area contributed by atoms with Crippen LogP contribution in [-0.2, 0) is 32.5 Å². The van der Waals surface area contributed by atoms with Gasteiger partial charge in [0.15, 0.2) is 0 Å². The minimum Gasteiger partial charge on any atom is -0.505 e. The zero-order valence-electron chi connectivity index (χ0n) is 62.7. The zero-order valence-corrected chi connectivity index (χ0v) is 64.3. The molecule has 0 fully saturated rings. The van der Waals surface area contributed by atoms with Crippen LogP contribution >= 0.6 is 22.7 Å². The minimum absolute atomic E-state index is 0.0204. The van der Waals surface area contributed by atoms with Crippen molar-refractivity contribution >= 4 is 86.5 Å². The summed E-state index contributed by atoms with van der Waals surface area (Å²) in [4.78, 5) is 0. The number of nitrogens with zero attached hydrogens (tertiary/aromatic N) is 2. The quantitative estimate of drug-likeness (QED) is 0.106. The van der Waals surface area contributed by atoms with Gasteiger partial charge in [-0.1, -0.05) is 201 Å². The number of benzene rings is 8. The van der Waals surface area contributed by atoms with Gasteiger partial charge in [0.1, 0.15) is 23.0 Å². The van der Waals surface area contributed by atoms with Gasteiger partial charge in [0.05, 0.1) is 56.1 Å². The fraction of sp³-hybridized carbons (Fsp3) is 0.416. The second-order valence-electron chi connectivity index (χ2n) is 36.1. The zero-order chi connectivity index (χ0) is 70.4. The highest BCUT2D eigenvalue weighted by molar-refractivity contribution is 7.18. The number of ether oxygens (including phenoxy) is 2.